The number of aryl methyl sites for hydroxylation is 1. The average Bonchev–Trinajstić information content (AvgIpc) is 3.38. The molecule has 144 valence electrons. The fraction of sp³-hybridized carbons (Fsp3) is 0.333. The number of carbonyl (C=O) groups excluding carboxylic acids is 1. The number of aromatic nitrogens is 3. The van der Waals surface area contributed by atoms with Gasteiger partial charge in [0.15, 0.2) is 5.82 Å². The maximum Gasteiger partial charge on any atom is 0.253 e. The van der Waals surface area contributed by atoms with Crippen molar-refractivity contribution in [2.45, 2.75) is 25.7 Å². The molecule has 0 N–H and O–H groups in total. The molecular weight excluding hydrogens is 356 g/mol. The third-order valence-corrected chi connectivity index (χ3v) is 4.82. The molecule has 0 bridgehead atoms. The van der Waals surface area contributed by atoms with Gasteiger partial charge in [0.2, 0.25) is 5.89 Å². The first-order chi connectivity index (χ1) is 13.7. The molecule has 1 unspecified atom stereocenters. The summed E-state index contributed by atoms with van der Waals surface area (Å²) in [6.07, 6.45) is 4.65. The van der Waals surface area contributed by atoms with E-state index in [2.05, 4.69) is 15.1 Å². The van der Waals surface area contributed by atoms with Crippen molar-refractivity contribution in [1.29, 1.82) is 0 Å². The van der Waals surface area contributed by atoms with Crippen LogP contribution in [0.2, 0.25) is 0 Å². The topological polar surface area (TPSA) is 81.4 Å². The highest BCUT2D eigenvalue weighted by Crippen LogP contribution is 2.27. The lowest BCUT2D eigenvalue weighted by atomic mass is 10.1. The van der Waals surface area contributed by atoms with Crippen molar-refractivity contribution in [2.75, 3.05) is 19.7 Å². The van der Waals surface area contributed by atoms with E-state index < -0.39 is 0 Å². The number of likely N-dealkylation sites (tertiary alicyclic amines) is 1. The zero-order chi connectivity index (χ0) is 19.3. The van der Waals surface area contributed by atoms with E-state index in [4.69, 9.17) is 9.26 Å². The van der Waals surface area contributed by atoms with Gasteiger partial charge < -0.3 is 14.2 Å². The van der Waals surface area contributed by atoms with E-state index >= 15 is 0 Å². The van der Waals surface area contributed by atoms with E-state index in [1.807, 2.05) is 36.1 Å². The summed E-state index contributed by atoms with van der Waals surface area (Å²) in [6.45, 7) is 3.78. The van der Waals surface area contributed by atoms with Crippen LogP contribution in [0.4, 0.5) is 0 Å². The molecule has 2 aromatic heterocycles. The van der Waals surface area contributed by atoms with Crippen molar-refractivity contribution in [1.82, 2.24) is 20.0 Å². The Morgan fingerprint density at radius 3 is 2.96 bits per heavy atom. The van der Waals surface area contributed by atoms with Crippen LogP contribution in [-0.2, 0) is 6.42 Å². The number of ether oxygens (including phenoxy) is 1. The first-order valence-corrected chi connectivity index (χ1v) is 9.40. The van der Waals surface area contributed by atoms with Gasteiger partial charge in [0.1, 0.15) is 5.75 Å². The summed E-state index contributed by atoms with van der Waals surface area (Å²) in [5, 5.41) is 4.06. The van der Waals surface area contributed by atoms with Crippen molar-refractivity contribution in [2.24, 2.45) is 0 Å². The monoisotopic (exact) mass is 378 g/mol. The van der Waals surface area contributed by atoms with Crippen LogP contribution in [0.5, 0.6) is 5.75 Å². The Hall–Kier alpha value is -3.22. The Balaban J connectivity index is 1.30. The average molecular weight is 378 g/mol. The van der Waals surface area contributed by atoms with Crippen molar-refractivity contribution in [3.05, 3.63) is 71.6 Å². The maximum absolute atomic E-state index is 12.5. The number of amides is 1. The number of hydrogen-bond acceptors (Lipinski definition) is 6. The van der Waals surface area contributed by atoms with E-state index in [1.54, 1.807) is 24.5 Å². The molecule has 1 amide bonds. The van der Waals surface area contributed by atoms with Gasteiger partial charge in [-0.1, -0.05) is 17.3 Å². The Kier molecular flexibility index (Phi) is 5.32. The van der Waals surface area contributed by atoms with Gasteiger partial charge in [0, 0.05) is 37.5 Å². The third-order valence-electron chi connectivity index (χ3n) is 4.82. The molecule has 1 aliphatic rings. The fourth-order valence-electron chi connectivity index (χ4n) is 3.32. The molecule has 4 rings (SSSR count). The van der Waals surface area contributed by atoms with Crippen molar-refractivity contribution in [3.8, 4) is 5.75 Å². The molecule has 3 aromatic rings. The Morgan fingerprint density at radius 2 is 2.14 bits per heavy atom. The molecule has 1 atom stereocenters. The van der Waals surface area contributed by atoms with Gasteiger partial charge >= 0.3 is 0 Å². The summed E-state index contributed by atoms with van der Waals surface area (Å²) in [5.74, 6) is 2.14. The molecule has 1 aliphatic heterocycles. The lowest BCUT2D eigenvalue weighted by Gasteiger charge is -2.15. The normalized spacial score (nSPS) is 16.3. The van der Waals surface area contributed by atoms with Crippen LogP contribution in [0, 0.1) is 6.92 Å². The zero-order valence-electron chi connectivity index (χ0n) is 15.7. The first-order valence-electron chi connectivity index (χ1n) is 9.40. The predicted molar refractivity (Wildman–Crippen MR) is 102 cm³/mol. The molecule has 1 fully saturated rings. The smallest absolute Gasteiger partial charge is 0.253 e. The van der Waals surface area contributed by atoms with Crippen LogP contribution in [0.25, 0.3) is 0 Å². The molecule has 1 aromatic carbocycles. The lowest BCUT2D eigenvalue weighted by molar-refractivity contribution is 0.0789. The van der Waals surface area contributed by atoms with Crippen molar-refractivity contribution < 1.29 is 14.1 Å². The van der Waals surface area contributed by atoms with Gasteiger partial charge in [-0.05, 0) is 43.2 Å². The van der Waals surface area contributed by atoms with Crippen LogP contribution < -0.4 is 4.74 Å². The highest BCUT2D eigenvalue weighted by Gasteiger charge is 2.31. The number of benzene rings is 1. The minimum Gasteiger partial charge on any atom is -0.493 e. The fourth-order valence-corrected chi connectivity index (χ4v) is 3.32. The highest BCUT2D eigenvalue weighted by molar-refractivity contribution is 5.94. The summed E-state index contributed by atoms with van der Waals surface area (Å²) >= 11 is 0. The number of carbonyl (C=O) groups is 1. The van der Waals surface area contributed by atoms with E-state index in [1.165, 1.54) is 0 Å². The van der Waals surface area contributed by atoms with Crippen LogP contribution >= 0.6 is 0 Å². The summed E-state index contributed by atoms with van der Waals surface area (Å²) in [4.78, 5) is 22.8. The van der Waals surface area contributed by atoms with E-state index in [0.717, 1.165) is 17.7 Å². The third kappa shape index (κ3) is 4.19. The molecular formula is C21H22N4O3. The number of nitrogens with zero attached hydrogens (tertiary/aromatic N) is 4. The Bertz CT molecular complexity index is 942. The molecule has 7 nitrogen and oxygen atoms in total. The number of rotatable bonds is 6. The molecule has 0 spiro atoms. The second-order valence-electron chi connectivity index (χ2n) is 6.94. The zero-order valence-corrected chi connectivity index (χ0v) is 15.7. The van der Waals surface area contributed by atoms with Crippen LogP contribution in [-0.4, -0.2) is 45.6 Å². The Labute approximate surface area is 163 Å². The second-order valence-corrected chi connectivity index (χ2v) is 6.94. The molecule has 28 heavy (non-hydrogen) atoms. The maximum atomic E-state index is 12.5. The van der Waals surface area contributed by atoms with Gasteiger partial charge in [-0.2, -0.15) is 4.98 Å². The standard InChI is InChI=1S/C21H22N4O3/c1-15-3-2-4-18(13-15)27-12-8-19-23-20(28-24-19)17-7-11-25(14-17)21(26)16-5-9-22-10-6-16/h2-6,9-10,13,17H,7-8,11-12,14H2,1H3. The minimum absolute atomic E-state index is 0.0104. The summed E-state index contributed by atoms with van der Waals surface area (Å²) in [7, 11) is 0. The molecule has 7 heteroatoms. The van der Waals surface area contributed by atoms with Crippen LogP contribution in [0.1, 0.15) is 40.0 Å². The molecule has 0 aliphatic carbocycles. The van der Waals surface area contributed by atoms with Gasteiger partial charge in [-0.25, -0.2) is 0 Å². The largest absolute Gasteiger partial charge is 0.493 e. The minimum atomic E-state index is 0.0104. The molecule has 0 saturated carbocycles. The molecule has 1 saturated heterocycles. The molecule has 3 heterocycles. The van der Waals surface area contributed by atoms with Gasteiger partial charge in [0.25, 0.3) is 5.91 Å². The quantitative estimate of drug-likeness (QED) is 0.656. The summed E-state index contributed by atoms with van der Waals surface area (Å²) in [6, 6.07) is 11.4. The lowest BCUT2D eigenvalue weighted by Crippen LogP contribution is -2.28. The van der Waals surface area contributed by atoms with Crippen molar-refractivity contribution in [3.63, 3.8) is 0 Å². The molecule has 0 radical (unpaired) electrons. The van der Waals surface area contributed by atoms with Crippen LogP contribution in [0.3, 0.4) is 0 Å². The van der Waals surface area contributed by atoms with E-state index in [9.17, 15) is 4.79 Å². The SMILES string of the molecule is Cc1cccc(OCCc2noc(C3CCN(C(=O)c4ccncc4)C3)n2)c1. The van der Waals surface area contributed by atoms with Gasteiger partial charge in [-0.3, -0.25) is 9.78 Å². The predicted octanol–water partition coefficient (Wildman–Crippen LogP) is 3.02. The first kappa shape index (κ1) is 18.2. The van der Waals surface area contributed by atoms with Crippen molar-refractivity contribution >= 4 is 5.91 Å². The Morgan fingerprint density at radius 1 is 1.29 bits per heavy atom. The number of hydrogen-bond donors (Lipinski definition) is 0. The van der Waals surface area contributed by atoms with Gasteiger partial charge in [-0.15, -0.1) is 0 Å². The summed E-state index contributed by atoms with van der Waals surface area (Å²) in [5.41, 5.74) is 1.81. The second kappa shape index (κ2) is 8.21. The van der Waals surface area contributed by atoms with E-state index in [0.29, 0.717) is 43.4 Å². The van der Waals surface area contributed by atoms with Crippen LogP contribution in [0.15, 0.2) is 53.3 Å². The highest BCUT2D eigenvalue weighted by atomic mass is 16.5. The van der Waals surface area contributed by atoms with Gasteiger partial charge in [0.05, 0.1) is 12.5 Å². The van der Waals surface area contributed by atoms with E-state index in [-0.39, 0.29) is 11.8 Å². The summed E-state index contributed by atoms with van der Waals surface area (Å²) < 4.78 is 11.2. The number of pyridine rings is 1.